The van der Waals surface area contributed by atoms with Gasteiger partial charge in [-0.05, 0) is 31.1 Å². The van der Waals surface area contributed by atoms with Crippen LogP contribution >= 0.6 is 0 Å². The molecule has 0 radical (unpaired) electrons. The lowest BCUT2D eigenvalue weighted by Crippen LogP contribution is -2.31. The van der Waals surface area contributed by atoms with Gasteiger partial charge in [-0.25, -0.2) is 0 Å². The van der Waals surface area contributed by atoms with Crippen LogP contribution in [-0.2, 0) is 9.59 Å². The number of aliphatic carboxylic acids is 1. The largest absolute Gasteiger partial charge is 0.481 e. The highest BCUT2D eigenvalue weighted by Gasteiger charge is 2.06. The Bertz CT molecular complexity index is 429. The molecule has 1 aromatic heterocycles. The molecule has 0 aliphatic rings. The lowest BCUT2D eigenvalue weighted by atomic mass is 10.2. The van der Waals surface area contributed by atoms with Gasteiger partial charge in [-0.15, -0.1) is 0 Å². The Morgan fingerprint density at radius 1 is 1.56 bits per heavy atom. The molecular weight excluding hydrogens is 232 g/mol. The van der Waals surface area contributed by atoms with E-state index < -0.39 is 5.97 Å². The molecular formula is C13H16N2O3. The standard InChI is InChI=1S/C13H16N2O3/c1-10(4-7-13(17)18)15-12(16)6-5-11-3-2-8-14-9-11/h2-3,5-6,8-10H,4,7H2,1H3,(H,15,16)(H,17,18). The van der Waals surface area contributed by atoms with Crippen LogP contribution in [0.15, 0.2) is 30.6 Å². The Hall–Kier alpha value is -2.17. The first kappa shape index (κ1) is 13.9. The molecule has 0 bridgehead atoms. The second kappa shape index (κ2) is 7.21. The third-order valence-corrected chi connectivity index (χ3v) is 2.29. The Kier molecular flexibility index (Phi) is 5.57. The van der Waals surface area contributed by atoms with Gasteiger partial charge in [0.25, 0.3) is 0 Å². The molecule has 0 fully saturated rings. The molecule has 1 amide bonds. The van der Waals surface area contributed by atoms with Crippen molar-refractivity contribution in [1.82, 2.24) is 10.3 Å². The van der Waals surface area contributed by atoms with Gasteiger partial charge in [0.15, 0.2) is 0 Å². The first-order valence-electron chi connectivity index (χ1n) is 5.68. The molecule has 1 unspecified atom stereocenters. The van der Waals surface area contributed by atoms with Gasteiger partial charge in [0.05, 0.1) is 0 Å². The molecule has 0 aliphatic heterocycles. The SMILES string of the molecule is CC(CCC(=O)O)NC(=O)C=Cc1cccnc1. The zero-order valence-electron chi connectivity index (χ0n) is 10.2. The fourth-order valence-corrected chi connectivity index (χ4v) is 1.35. The van der Waals surface area contributed by atoms with Gasteiger partial charge in [-0.3, -0.25) is 14.6 Å². The number of carboxylic acid groups (broad SMARTS) is 1. The van der Waals surface area contributed by atoms with Crippen LogP contribution in [0.25, 0.3) is 6.08 Å². The van der Waals surface area contributed by atoms with Gasteiger partial charge in [0, 0.05) is 30.9 Å². The smallest absolute Gasteiger partial charge is 0.303 e. The van der Waals surface area contributed by atoms with Crippen molar-refractivity contribution in [3.05, 3.63) is 36.2 Å². The number of hydrogen-bond donors (Lipinski definition) is 2. The van der Waals surface area contributed by atoms with E-state index in [1.807, 2.05) is 6.07 Å². The van der Waals surface area contributed by atoms with Crippen LogP contribution in [0.4, 0.5) is 0 Å². The van der Waals surface area contributed by atoms with Crippen molar-refractivity contribution in [3.8, 4) is 0 Å². The molecule has 2 N–H and O–H groups in total. The number of nitrogens with one attached hydrogen (secondary N) is 1. The first-order valence-corrected chi connectivity index (χ1v) is 5.68. The number of rotatable bonds is 6. The molecule has 0 saturated heterocycles. The molecule has 1 rings (SSSR count). The van der Waals surface area contributed by atoms with Crippen LogP contribution in [0.3, 0.4) is 0 Å². The Balaban J connectivity index is 2.37. The molecule has 0 spiro atoms. The zero-order chi connectivity index (χ0) is 13.4. The number of nitrogens with zero attached hydrogens (tertiary/aromatic N) is 1. The fraction of sp³-hybridized carbons (Fsp3) is 0.308. The Morgan fingerprint density at radius 3 is 2.94 bits per heavy atom. The molecule has 0 aromatic carbocycles. The average Bonchev–Trinajstić information content (AvgIpc) is 2.35. The molecule has 96 valence electrons. The molecule has 0 aliphatic carbocycles. The van der Waals surface area contributed by atoms with Gasteiger partial charge in [-0.2, -0.15) is 0 Å². The topological polar surface area (TPSA) is 79.3 Å². The van der Waals surface area contributed by atoms with Crippen molar-refractivity contribution in [2.24, 2.45) is 0 Å². The monoisotopic (exact) mass is 248 g/mol. The molecule has 18 heavy (non-hydrogen) atoms. The summed E-state index contributed by atoms with van der Waals surface area (Å²) in [5, 5.41) is 11.2. The molecule has 5 nitrogen and oxygen atoms in total. The van der Waals surface area contributed by atoms with Crippen LogP contribution in [0.5, 0.6) is 0 Å². The molecule has 1 heterocycles. The van der Waals surface area contributed by atoms with E-state index in [0.29, 0.717) is 6.42 Å². The average molecular weight is 248 g/mol. The van der Waals surface area contributed by atoms with E-state index >= 15 is 0 Å². The Labute approximate surface area is 106 Å². The molecule has 0 saturated carbocycles. The highest BCUT2D eigenvalue weighted by atomic mass is 16.4. The van der Waals surface area contributed by atoms with Crippen molar-refractivity contribution >= 4 is 18.0 Å². The second-order valence-corrected chi connectivity index (χ2v) is 3.96. The summed E-state index contributed by atoms with van der Waals surface area (Å²) in [5.74, 6) is -1.10. The maximum atomic E-state index is 11.5. The number of aromatic nitrogens is 1. The van der Waals surface area contributed by atoms with Gasteiger partial charge in [0.1, 0.15) is 0 Å². The van der Waals surface area contributed by atoms with E-state index in [-0.39, 0.29) is 18.4 Å². The highest BCUT2D eigenvalue weighted by molar-refractivity contribution is 5.91. The van der Waals surface area contributed by atoms with Crippen molar-refractivity contribution in [2.45, 2.75) is 25.8 Å². The lowest BCUT2D eigenvalue weighted by molar-refractivity contribution is -0.137. The van der Waals surface area contributed by atoms with E-state index in [0.717, 1.165) is 5.56 Å². The summed E-state index contributed by atoms with van der Waals surface area (Å²) >= 11 is 0. The van der Waals surface area contributed by atoms with Crippen molar-refractivity contribution in [1.29, 1.82) is 0 Å². The van der Waals surface area contributed by atoms with Crippen LogP contribution in [-0.4, -0.2) is 28.0 Å². The van der Waals surface area contributed by atoms with Crippen molar-refractivity contribution < 1.29 is 14.7 Å². The van der Waals surface area contributed by atoms with Crippen LogP contribution < -0.4 is 5.32 Å². The van der Waals surface area contributed by atoms with Gasteiger partial charge < -0.3 is 10.4 Å². The second-order valence-electron chi connectivity index (χ2n) is 3.96. The molecule has 1 atom stereocenters. The summed E-state index contributed by atoms with van der Waals surface area (Å²) in [7, 11) is 0. The summed E-state index contributed by atoms with van der Waals surface area (Å²) in [5.41, 5.74) is 0.839. The zero-order valence-corrected chi connectivity index (χ0v) is 10.2. The quantitative estimate of drug-likeness (QED) is 0.747. The Morgan fingerprint density at radius 2 is 2.33 bits per heavy atom. The predicted octanol–water partition coefficient (Wildman–Crippen LogP) is 1.46. The fourth-order valence-electron chi connectivity index (χ4n) is 1.35. The maximum Gasteiger partial charge on any atom is 0.303 e. The third-order valence-electron chi connectivity index (χ3n) is 2.29. The number of carboxylic acids is 1. The van der Waals surface area contributed by atoms with Crippen LogP contribution in [0, 0.1) is 0 Å². The minimum atomic E-state index is -0.859. The number of hydrogen-bond acceptors (Lipinski definition) is 3. The lowest BCUT2D eigenvalue weighted by Gasteiger charge is -2.10. The summed E-state index contributed by atoms with van der Waals surface area (Å²) in [6.07, 6.45) is 6.85. The minimum absolute atomic E-state index is 0.0494. The number of amides is 1. The van der Waals surface area contributed by atoms with E-state index in [1.54, 1.807) is 31.5 Å². The van der Waals surface area contributed by atoms with Gasteiger partial charge >= 0.3 is 5.97 Å². The van der Waals surface area contributed by atoms with Gasteiger partial charge in [0.2, 0.25) is 5.91 Å². The molecule has 1 aromatic rings. The van der Waals surface area contributed by atoms with Gasteiger partial charge in [-0.1, -0.05) is 6.07 Å². The number of carbonyl (C=O) groups excluding carboxylic acids is 1. The van der Waals surface area contributed by atoms with Crippen molar-refractivity contribution in [3.63, 3.8) is 0 Å². The minimum Gasteiger partial charge on any atom is -0.481 e. The van der Waals surface area contributed by atoms with E-state index in [4.69, 9.17) is 5.11 Å². The van der Waals surface area contributed by atoms with E-state index in [9.17, 15) is 9.59 Å². The van der Waals surface area contributed by atoms with Crippen LogP contribution in [0.2, 0.25) is 0 Å². The van der Waals surface area contributed by atoms with Crippen molar-refractivity contribution in [2.75, 3.05) is 0 Å². The number of pyridine rings is 1. The number of carbonyl (C=O) groups is 2. The van der Waals surface area contributed by atoms with E-state index in [1.165, 1.54) is 6.08 Å². The van der Waals surface area contributed by atoms with Crippen LogP contribution in [0.1, 0.15) is 25.3 Å². The molecule has 5 heteroatoms. The summed E-state index contributed by atoms with van der Waals surface area (Å²) in [6.45, 7) is 1.78. The maximum absolute atomic E-state index is 11.5. The van der Waals surface area contributed by atoms with E-state index in [2.05, 4.69) is 10.3 Å². The summed E-state index contributed by atoms with van der Waals surface area (Å²) < 4.78 is 0. The predicted molar refractivity (Wildman–Crippen MR) is 67.7 cm³/mol. The summed E-state index contributed by atoms with van der Waals surface area (Å²) in [6, 6.07) is 3.46. The normalized spacial score (nSPS) is 12.3. The first-order chi connectivity index (χ1) is 8.58. The highest BCUT2D eigenvalue weighted by Crippen LogP contribution is 1.99. The summed E-state index contributed by atoms with van der Waals surface area (Å²) in [4.78, 5) is 25.8. The third kappa shape index (κ3) is 5.79.